The second-order valence-corrected chi connectivity index (χ2v) is 3.87. The summed E-state index contributed by atoms with van der Waals surface area (Å²) in [5.74, 6) is 0.541. The van der Waals surface area contributed by atoms with Crippen LogP contribution in [0.5, 0.6) is 0 Å². The number of aromatic nitrogens is 3. The van der Waals surface area contributed by atoms with Crippen LogP contribution in [-0.4, -0.2) is 21.7 Å². The summed E-state index contributed by atoms with van der Waals surface area (Å²) in [6.45, 7) is 4.56. The zero-order chi connectivity index (χ0) is 12.3. The van der Waals surface area contributed by atoms with Crippen LogP contribution in [0.25, 0.3) is 0 Å². The standard InChI is InChI=1S/C12H15FN4/c1-3-14-11(12-15-7-16-17-12)9-4-5-10(13)8(2)6-9/h4-7,11,14H,3H2,1-2H3,(H,15,16,17). The first-order valence-electron chi connectivity index (χ1n) is 5.57. The number of aromatic amines is 1. The summed E-state index contributed by atoms with van der Waals surface area (Å²) in [5.41, 5.74) is 1.60. The van der Waals surface area contributed by atoms with E-state index in [9.17, 15) is 4.39 Å². The fourth-order valence-electron chi connectivity index (χ4n) is 1.78. The third kappa shape index (κ3) is 2.50. The maximum absolute atomic E-state index is 13.2. The molecule has 17 heavy (non-hydrogen) atoms. The van der Waals surface area contributed by atoms with E-state index in [1.165, 1.54) is 12.4 Å². The molecule has 0 bridgehead atoms. The van der Waals surface area contributed by atoms with Crippen LogP contribution in [0.2, 0.25) is 0 Å². The molecular weight excluding hydrogens is 219 g/mol. The number of hydrogen-bond donors (Lipinski definition) is 2. The van der Waals surface area contributed by atoms with Crippen LogP contribution in [0.3, 0.4) is 0 Å². The zero-order valence-corrected chi connectivity index (χ0v) is 9.87. The fraction of sp³-hybridized carbons (Fsp3) is 0.333. The third-order valence-corrected chi connectivity index (χ3v) is 2.63. The van der Waals surface area contributed by atoms with Crippen LogP contribution in [0.1, 0.15) is 29.9 Å². The number of nitrogens with one attached hydrogen (secondary N) is 2. The predicted octanol–water partition coefficient (Wildman–Crippen LogP) is 1.95. The van der Waals surface area contributed by atoms with E-state index in [1.807, 2.05) is 13.0 Å². The number of rotatable bonds is 4. The Morgan fingerprint density at radius 1 is 1.47 bits per heavy atom. The number of nitrogens with zero attached hydrogens (tertiary/aromatic N) is 2. The summed E-state index contributed by atoms with van der Waals surface area (Å²) < 4.78 is 13.2. The second-order valence-electron chi connectivity index (χ2n) is 3.87. The van der Waals surface area contributed by atoms with Crippen LogP contribution < -0.4 is 5.32 Å². The Morgan fingerprint density at radius 2 is 2.29 bits per heavy atom. The van der Waals surface area contributed by atoms with Crippen LogP contribution in [0, 0.1) is 12.7 Å². The molecule has 1 heterocycles. The number of benzene rings is 1. The molecule has 1 aromatic carbocycles. The molecule has 1 unspecified atom stereocenters. The monoisotopic (exact) mass is 234 g/mol. The molecule has 0 spiro atoms. The Hall–Kier alpha value is -1.75. The summed E-state index contributed by atoms with van der Waals surface area (Å²) in [6, 6.07) is 4.98. The highest BCUT2D eigenvalue weighted by atomic mass is 19.1. The van der Waals surface area contributed by atoms with Gasteiger partial charge >= 0.3 is 0 Å². The van der Waals surface area contributed by atoms with Gasteiger partial charge in [-0.3, -0.25) is 5.10 Å². The summed E-state index contributed by atoms with van der Waals surface area (Å²) in [6.07, 6.45) is 1.47. The van der Waals surface area contributed by atoms with Gasteiger partial charge in [0.2, 0.25) is 0 Å². The quantitative estimate of drug-likeness (QED) is 0.850. The molecule has 0 amide bonds. The molecule has 5 heteroatoms. The van der Waals surface area contributed by atoms with Crippen LogP contribution >= 0.6 is 0 Å². The van der Waals surface area contributed by atoms with Gasteiger partial charge in [0.25, 0.3) is 0 Å². The van der Waals surface area contributed by atoms with E-state index in [1.54, 1.807) is 13.0 Å². The molecule has 0 saturated carbocycles. The molecule has 0 radical (unpaired) electrons. The number of halogens is 1. The van der Waals surface area contributed by atoms with Crippen molar-refractivity contribution < 1.29 is 4.39 Å². The molecule has 0 aliphatic rings. The second kappa shape index (κ2) is 5.05. The van der Waals surface area contributed by atoms with Crippen molar-refractivity contribution in [3.63, 3.8) is 0 Å². The predicted molar refractivity (Wildman–Crippen MR) is 63.0 cm³/mol. The number of hydrogen-bond acceptors (Lipinski definition) is 3. The Balaban J connectivity index is 2.35. The first-order chi connectivity index (χ1) is 8.22. The molecule has 90 valence electrons. The van der Waals surface area contributed by atoms with Gasteiger partial charge in [-0.25, -0.2) is 9.37 Å². The maximum atomic E-state index is 13.2. The highest BCUT2D eigenvalue weighted by Crippen LogP contribution is 2.20. The minimum Gasteiger partial charge on any atom is -0.304 e. The lowest BCUT2D eigenvalue weighted by Gasteiger charge is -2.16. The Morgan fingerprint density at radius 3 is 2.88 bits per heavy atom. The van der Waals surface area contributed by atoms with Gasteiger partial charge in [-0.1, -0.05) is 19.1 Å². The summed E-state index contributed by atoms with van der Waals surface area (Å²) in [5, 5.41) is 9.97. The molecule has 0 fully saturated rings. The molecule has 4 nitrogen and oxygen atoms in total. The molecule has 1 atom stereocenters. The molecule has 2 aromatic rings. The van der Waals surface area contributed by atoms with E-state index < -0.39 is 0 Å². The van der Waals surface area contributed by atoms with Crippen molar-refractivity contribution in [3.05, 3.63) is 47.3 Å². The molecule has 0 aliphatic carbocycles. The normalized spacial score (nSPS) is 12.6. The Kier molecular flexibility index (Phi) is 3.49. The van der Waals surface area contributed by atoms with E-state index in [0.29, 0.717) is 5.56 Å². The average molecular weight is 234 g/mol. The topological polar surface area (TPSA) is 53.6 Å². The van der Waals surface area contributed by atoms with E-state index in [4.69, 9.17) is 0 Å². The first kappa shape index (κ1) is 11.7. The largest absolute Gasteiger partial charge is 0.304 e. The van der Waals surface area contributed by atoms with Gasteiger partial charge in [-0.15, -0.1) is 0 Å². The van der Waals surface area contributed by atoms with Gasteiger partial charge in [-0.2, -0.15) is 5.10 Å². The summed E-state index contributed by atoms with van der Waals surface area (Å²) in [7, 11) is 0. The minimum absolute atomic E-state index is 0.0817. The van der Waals surface area contributed by atoms with Gasteiger partial charge < -0.3 is 5.32 Å². The highest BCUT2D eigenvalue weighted by molar-refractivity contribution is 5.29. The molecule has 2 rings (SSSR count). The summed E-state index contributed by atoms with van der Waals surface area (Å²) >= 11 is 0. The maximum Gasteiger partial charge on any atom is 0.145 e. The van der Waals surface area contributed by atoms with Gasteiger partial charge in [0.15, 0.2) is 0 Å². The number of H-pyrrole nitrogens is 1. The summed E-state index contributed by atoms with van der Waals surface area (Å²) in [4.78, 5) is 4.14. The van der Waals surface area contributed by atoms with E-state index >= 15 is 0 Å². The minimum atomic E-state index is -0.193. The third-order valence-electron chi connectivity index (χ3n) is 2.63. The molecule has 0 saturated heterocycles. The highest BCUT2D eigenvalue weighted by Gasteiger charge is 2.16. The van der Waals surface area contributed by atoms with Gasteiger partial charge in [0.1, 0.15) is 18.0 Å². The fourth-order valence-corrected chi connectivity index (χ4v) is 1.78. The molecule has 1 aromatic heterocycles. The lowest BCUT2D eigenvalue weighted by Crippen LogP contribution is -2.23. The first-order valence-corrected chi connectivity index (χ1v) is 5.57. The molecular formula is C12H15FN4. The van der Waals surface area contributed by atoms with Crippen molar-refractivity contribution in [1.82, 2.24) is 20.5 Å². The molecule has 2 N–H and O–H groups in total. The van der Waals surface area contributed by atoms with Crippen molar-refractivity contribution in [1.29, 1.82) is 0 Å². The van der Waals surface area contributed by atoms with Gasteiger partial charge in [0, 0.05) is 0 Å². The van der Waals surface area contributed by atoms with Gasteiger partial charge in [-0.05, 0) is 30.7 Å². The van der Waals surface area contributed by atoms with Crippen LogP contribution in [0.15, 0.2) is 24.5 Å². The van der Waals surface area contributed by atoms with Crippen LogP contribution in [-0.2, 0) is 0 Å². The van der Waals surface area contributed by atoms with Gasteiger partial charge in [0.05, 0.1) is 6.04 Å². The smallest absolute Gasteiger partial charge is 0.145 e. The average Bonchev–Trinajstić information content (AvgIpc) is 2.83. The lowest BCUT2D eigenvalue weighted by atomic mass is 10.0. The van der Waals surface area contributed by atoms with Crippen molar-refractivity contribution in [2.45, 2.75) is 19.9 Å². The van der Waals surface area contributed by atoms with Crippen molar-refractivity contribution in [3.8, 4) is 0 Å². The van der Waals surface area contributed by atoms with Crippen LogP contribution in [0.4, 0.5) is 4.39 Å². The lowest BCUT2D eigenvalue weighted by molar-refractivity contribution is 0.590. The van der Waals surface area contributed by atoms with Crippen molar-refractivity contribution >= 4 is 0 Å². The van der Waals surface area contributed by atoms with E-state index in [0.717, 1.165) is 17.9 Å². The van der Waals surface area contributed by atoms with Crippen molar-refractivity contribution in [2.75, 3.05) is 6.54 Å². The molecule has 0 aliphatic heterocycles. The van der Waals surface area contributed by atoms with E-state index in [-0.39, 0.29) is 11.9 Å². The van der Waals surface area contributed by atoms with Crippen molar-refractivity contribution in [2.24, 2.45) is 0 Å². The van der Waals surface area contributed by atoms with E-state index in [2.05, 4.69) is 20.5 Å². The SMILES string of the molecule is CCNC(c1ccc(F)c(C)c1)c1ncn[nH]1. The Labute approximate surface area is 99.3 Å². The zero-order valence-electron chi connectivity index (χ0n) is 9.87. The number of aryl methyl sites for hydroxylation is 1. The Bertz CT molecular complexity index is 481.